The SMILES string of the molecule is O=C(NCc1ccccn1)c1nc(-c2ccccn2)no1. The third kappa shape index (κ3) is 3.08. The van der Waals surface area contributed by atoms with Crippen molar-refractivity contribution in [3.63, 3.8) is 0 Å². The van der Waals surface area contributed by atoms with Crippen LogP contribution in [0.5, 0.6) is 0 Å². The van der Waals surface area contributed by atoms with Gasteiger partial charge in [0.2, 0.25) is 5.82 Å². The lowest BCUT2D eigenvalue weighted by Gasteiger charge is -2.00. The summed E-state index contributed by atoms with van der Waals surface area (Å²) in [6, 6.07) is 10.8. The fourth-order valence-corrected chi connectivity index (χ4v) is 1.66. The summed E-state index contributed by atoms with van der Waals surface area (Å²) < 4.78 is 4.94. The minimum atomic E-state index is -0.449. The molecule has 0 fully saturated rings. The molecule has 0 aromatic carbocycles. The molecule has 1 amide bonds. The van der Waals surface area contributed by atoms with Crippen LogP contribution in [0.3, 0.4) is 0 Å². The van der Waals surface area contributed by atoms with Crippen molar-refractivity contribution in [3.05, 3.63) is 60.4 Å². The predicted molar refractivity (Wildman–Crippen MR) is 72.9 cm³/mol. The van der Waals surface area contributed by atoms with Gasteiger partial charge in [-0.2, -0.15) is 4.98 Å². The maximum atomic E-state index is 11.9. The fourth-order valence-electron chi connectivity index (χ4n) is 1.66. The van der Waals surface area contributed by atoms with Crippen LogP contribution >= 0.6 is 0 Å². The highest BCUT2D eigenvalue weighted by molar-refractivity contribution is 5.89. The van der Waals surface area contributed by atoms with Crippen molar-refractivity contribution in [1.82, 2.24) is 25.4 Å². The van der Waals surface area contributed by atoms with Crippen LogP contribution < -0.4 is 5.32 Å². The summed E-state index contributed by atoms with van der Waals surface area (Å²) in [5, 5.41) is 6.40. The van der Waals surface area contributed by atoms with Gasteiger partial charge in [-0.05, 0) is 24.3 Å². The van der Waals surface area contributed by atoms with Crippen LogP contribution in [0.4, 0.5) is 0 Å². The van der Waals surface area contributed by atoms with Gasteiger partial charge in [0.05, 0.1) is 12.2 Å². The largest absolute Gasteiger partial charge is 0.342 e. The lowest BCUT2D eigenvalue weighted by atomic mass is 10.3. The van der Waals surface area contributed by atoms with Crippen LogP contribution in [-0.2, 0) is 6.54 Å². The third-order valence-corrected chi connectivity index (χ3v) is 2.67. The summed E-state index contributed by atoms with van der Waals surface area (Å²) in [5.41, 5.74) is 1.29. The number of nitrogens with one attached hydrogen (secondary N) is 1. The highest BCUT2D eigenvalue weighted by atomic mass is 16.5. The minimum Gasteiger partial charge on any atom is -0.342 e. The molecule has 0 bridgehead atoms. The van der Waals surface area contributed by atoms with E-state index in [4.69, 9.17) is 4.52 Å². The van der Waals surface area contributed by atoms with E-state index in [0.29, 0.717) is 12.2 Å². The molecule has 0 aliphatic heterocycles. The van der Waals surface area contributed by atoms with E-state index in [-0.39, 0.29) is 11.7 Å². The van der Waals surface area contributed by atoms with E-state index in [1.807, 2.05) is 18.2 Å². The molecule has 0 spiro atoms. The molecule has 21 heavy (non-hydrogen) atoms. The zero-order valence-corrected chi connectivity index (χ0v) is 10.9. The summed E-state index contributed by atoms with van der Waals surface area (Å²) in [6.07, 6.45) is 3.28. The van der Waals surface area contributed by atoms with E-state index in [1.54, 1.807) is 30.6 Å². The van der Waals surface area contributed by atoms with E-state index in [1.165, 1.54) is 0 Å². The molecule has 7 nitrogen and oxygen atoms in total. The molecule has 0 radical (unpaired) electrons. The van der Waals surface area contributed by atoms with E-state index in [9.17, 15) is 4.79 Å². The molecule has 7 heteroatoms. The highest BCUT2D eigenvalue weighted by Gasteiger charge is 2.16. The average molecular weight is 281 g/mol. The number of aromatic nitrogens is 4. The van der Waals surface area contributed by atoms with Crippen molar-refractivity contribution in [1.29, 1.82) is 0 Å². The van der Waals surface area contributed by atoms with Crippen LogP contribution in [0.2, 0.25) is 0 Å². The molecule has 3 rings (SSSR count). The van der Waals surface area contributed by atoms with Gasteiger partial charge in [0.15, 0.2) is 0 Å². The lowest BCUT2D eigenvalue weighted by molar-refractivity contribution is 0.0906. The minimum absolute atomic E-state index is 0.105. The second-order valence-corrected chi connectivity index (χ2v) is 4.14. The Balaban J connectivity index is 1.67. The molecular formula is C14H11N5O2. The normalized spacial score (nSPS) is 10.3. The van der Waals surface area contributed by atoms with Gasteiger partial charge in [0, 0.05) is 12.4 Å². The third-order valence-electron chi connectivity index (χ3n) is 2.67. The quantitative estimate of drug-likeness (QED) is 0.778. The molecule has 1 N–H and O–H groups in total. The molecule has 3 heterocycles. The highest BCUT2D eigenvalue weighted by Crippen LogP contribution is 2.11. The molecule has 0 unspecified atom stereocenters. The summed E-state index contributed by atoms with van der Waals surface area (Å²) >= 11 is 0. The topological polar surface area (TPSA) is 93.8 Å². The molecule has 0 aliphatic carbocycles. The summed E-state index contributed by atoms with van der Waals surface area (Å²) in [7, 11) is 0. The molecule has 104 valence electrons. The summed E-state index contributed by atoms with van der Waals surface area (Å²) in [6.45, 7) is 0.293. The Morgan fingerprint density at radius 1 is 1.10 bits per heavy atom. The Morgan fingerprint density at radius 3 is 2.62 bits per heavy atom. The van der Waals surface area contributed by atoms with Crippen molar-refractivity contribution in [2.45, 2.75) is 6.54 Å². The molecule has 0 atom stereocenters. The van der Waals surface area contributed by atoms with E-state index < -0.39 is 5.91 Å². The van der Waals surface area contributed by atoms with E-state index in [2.05, 4.69) is 25.4 Å². The van der Waals surface area contributed by atoms with Crippen molar-refractivity contribution in [2.24, 2.45) is 0 Å². The van der Waals surface area contributed by atoms with Gasteiger partial charge in [0.25, 0.3) is 0 Å². The molecule has 3 aromatic rings. The number of hydrogen-bond donors (Lipinski definition) is 1. The standard InChI is InChI=1S/C14H11N5O2/c20-13(17-9-10-5-1-3-7-15-10)14-18-12(19-21-14)11-6-2-4-8-16-11/h1-8H,9H2,(H,17,20). The molecule has 0 aliphatic rings. The second kappa shape index (κ2) is 5.91. The number of rotatable bonds is 4. The van der Waals surface area contributed by atoms with Crippen LogP contribution in [0, 0.1) is 0 Å². The summed E-state index contributed by atoms with van der Waals surface area (Å²) in [5.74, 6) is -0.277. The lowest BCUT2D eigenvalue weighted by Crippen LogP contribution is -2.23. The van der Waals surface area contributed by atoms with Gasteiger partial charge < -0.3 is 9.84 Å². The van der Waals surface area contributed by atoms with Gasteiger partial charge in [-0.1, -0.05) is 17.3 Å². The maximum Gasteiger partial charge on any atom is 0.316 e. The van der Waals surface area contributed by atoms with Crippen LogP contribution in [0.15, 0.2) is 53.3 Å². The van der Waals surface area contributed by atoms with Gasteiger partial charge in [0.1, 0.15) is 5.69 Å². The Morgan fingerprint density at radius 2 is 1.90 bits per heavy atom. The first kappa shape index (κ1) is 12.9. The van der Waals surface area contributed by atoms with Crippen molar-refractivity contribution in [3.8, 4) is 11.5 Å². The van der Waals surface area contributed by atoms with Crippen LogP contribution in [0.25, 0.3) is 11.5 Å². The Labute approximate surface area is 120 Å². The molecular weight excluding hydrogens is 270 g/mol. The number of carbonyl (C=O) groups is 1. The van der Waals surface area contributed by atoms with Crippen molar-refractivity contribution >= 4 is 5.91 Å². The maximum absolute atomic E-state index is 11.9. The first-order valence-electron chi connectivity index (χ1n) is 6.26. The van der Waals surface area contributed by atoms with Crippen LogP contribution in [0.1, 0.15) is 16.4 Å². The summed E-state index contributed by atoms with van der Waals surface area (Å²) in [4.78, 5) is 24.1. The Bertz CT molecular complexity index is 727. The van der Waals surface area contributed by atoms with Gasteiger partial charge in [-0.3, -0.25) is 14.8 Å². The van der Waals surface area contributed by atoms with Crippen molar-refractivity contribution in [2.75, 3.05) is 0 Å². The van der Waals surface area contributed by atoms with Gasteiger partial charge >= 0.3 is 11.8 Å². The van der Waals surface area contributed by atoms with E-state index in [0.717, 1.165) is 5.69 Å². The number of pyridine rings is 2. The number of hydrogen-bond acceptors (Lipinski definition) is 6. The zero-order valence-electron chi connectivity index (χ0n) is 10.9. The zero-order chi connectivity index (χ0) is 14.5. The molecule has 3 aromatic heterocycles. The number of carbonyl (C=O) groups excluding carboxylic acids is 1. The monoisotopic (exact) mass is 281 g/mol. The number of nitrogens with zero attached hydrogens (tertiary/aromatic N) is 4. The molecule has 0 saturated heterocycles. The van der Waals surface area contributed by atoms with Crippen molar-refractivity contribution < 1.29 is 9.32 Å². The Kier molecular flexibility index (Phi) is 3.64. The number of amides is 1. The predicted octanol–water partition coefficient (Wildman–Crippen LogP) is 1.46. The first-order valence-corrected chi connectivity index (χ1v) is 6.26. The smallest absolute Gasteiger partial charge is 0.316 e. The fraction of sp³-hybridized carbons (Fsp3) is 0.0714. The van der Waals surface area contributed by atoms with Gasteiger partial charge in [-0.15, -0.1) is 0 Å². The average Bonchev–Trinajstić information content (AvgIpc) is 3.04. The van der Waals surface area contributed by atoms with Gasteiger partial charge in [-0.25, -0.2) is 0 Å². The van der Waals surface area contributed by atoms with Crippen LogP contribution in [-0.4, -0.2) is 26.0 Å². The first-order chi connectivity index (χ1) is 10.3. The molecule has 0 saturated carbocycles. The van der Waals surface area contributed by atoms with E-state index >= 15 is 0 Å². The Hall–Kier alpha value is -3.09. The second-order valence-electron chi connectivity index (χ2n) is 4.14.